The van der Waals surface area contributed by atoms with Crippen LogP contribution in [0.3, 0.4) is 0 Å². The molecule has 3 aromatic rings. The second kappa shape index (κ2) is 6.50. The summed E-state index contributed by atoms with van der Waals surface area (Å²) in [6.45, 7) is 1.04. The second-order valence-electron chi connectivity index (χ2n) is 5.02. The van der Waals surface area contributed by atoms with E-state index in [9.17, 15) is 4.79 Å². The number of aromatic nitrogens is 2. The van der Waals surface area contributed by atoms with E-state index in [1.807, 2.05) is 34.9 Å². The topological polar surface area (TPSA) is 79.4 Å². The van der Waals surface area contributed by atoms with Crippen LogP contribution in [0.5, 0.6) is 5.75 Å². The number of rotatable bonds is 6. The Morgan fingerprint density at radius 1 is 1.17 bits per heavy atom. The van der Waals surface area contributed by atoms with Crippen LogP contribution in [0, 0.1) is 0 Å². The Hall–Kier alpha value is -2.86. The standard InChI is InChI=1S/C17H17N3O3/c1-22-8-9-23-14-6-7-16-15(10-14)19-11-20(16)13-4-2-12(3-5-13)17(18)21/h2-7,10-11H,8-9H2,1H3,(H2,18,21). The number of fused-ring (bicyclic) bond motifs is 1. The minimum absolute atomic E-state index is 0.440. The first-order valence-corrected chi connectivity index (χ1v) is 7.18. The number of hydrogen-bond acceptors (Lipinski definition) is 4. The molecule has 0 saturated carbocycles. The van der Waals surface area contributed by atoms with E-state index < -0.39 is 5.91 Å². The molecular weight excluding hydrogens is 294 g/mol. The molecule has 1 aromatic heterocycles. The fourth-order valence-corrected chi connectivity index (χ4v) is 2.32. The molecule has 0 fully saturated rings. The van der Waals surface area contributed by atoms with Gasteiger partial charge in [-0.15, -0.1) is 0 Å². The van der Waals surface area contributed by atoms with Gasteiger partial charge in [0.1, 0.15) is 18.7 Å². The van der Waals surface area contributed by atoms with Crippen LogP contribution in [-0.2, 0) is 4.74 Å². The van der Waals surface area contributed by atoms with Crippen LogP contribution in [0.15, 0.2) is 48.8 Å². The van der Waals surface area contributed by atoms with Gasteiger partial charge in [-0.1, -0.05) is 0 Å². The van der Waals surface area contributed by atoms with Gasteiger partial charge in [-0.2, -0.15) is 0 Å². The number of primary amides is 1. The number of benzene rings is 2. The van der Waals surface area contributed by atoms with Crippen LogP contribution in [0.2, 0.25) is 0 Å². The number of carbonyl (C=O) groups is 1. The second-order valence-corrected chi connectivity index (χ2v) is 5.02. The number of amides is 1. The summed E-state index contributed by atoms with van der Waals surface area (Å²) in [5, 5.41) is 0. The van der Waals surface area contributed by atoms with Gasteiger partial charge in [0.2, 0.25) is 5.91 Å². The Labute approximate surface area is 133 Å². The Balaban J connectivity index is 1.88. The van der Waals surface area contributed by atoms with Crippen molar-refractivity contribution in [2.45, 2.75) is 0 Å². The van der Waals surface area contributed by atoms with Crippen LogP contribution >= 0.6 is 0 Å². The van der Waals surface area contributed by atoms with E-state index in [1.165, 1.54) is 0 Å². The van der Waals surface area contributed by atoms with Crippen molar-refractivity contribution in [1.82, 2.24) is 9.55 Å². The summed E-state index contributed by atoms with van der Waals surface area (Å²) < 4.78 is 12.5. The third-order valence-corrected chi connectivity index (χ3v) is 3.50. The lowest BCUT2D eigenvalue weighted by Gasteiger charge is -2.07. The monoisotopic (exact) mass is 311 g/mol. The summed E-state index contributed by atoms with van der Waals surface area (Å²) in [6, 6.07) is 12.8. The maximum atomic E-state index is 11.1. The molecule has 0 aliphatic carbocycles. The van der Waals surface area contributed by atoms with Crippen LogP contribution < -0.4 is 10.5 Å². The first kappa shape index (κ1) is 15.1. The third-order valence-electron chi connectivity index (χ3n) is 3.50. The van der Waals surface area contributed by atoms with Gasteiger partial charge in [0.05, 0.1) is 17.6 Å². The normalized spacial score (nSPS) is 10.8. The van der Waals surface area contributed by atoms with Crippen molar-refractivity contribution in [3.63, 3.8) is 0 Å². The molecule has 6 heteroatoms. The molecular formula is C17H17N3O3. The number of carbonyl (C=O) groups excluding carboxylic acids is 1. The molecule has 2 N–H and O–H groups in total. The fraction of sp³-hybridized carbons (Fsp3) is 0.176. The van der Waals surface area contributed by atoms with Crippen molar-refractivity contribution < 1.29 is 14.3 Å². The van der Waals surface area contributed by atoms with Gasteiger partial charge in [-0.25, -0.2) is 4.98 Å². The third kappa shape index (κ3) is 3.17. The lowest BCUT2D eigenvalue weighted by Crippen LogP contribution is -2.10. The van der Waals surface area contributed by atoms with Crippen molar-refractivity contribution in [2.24, 2.45) is 5.73 Å². The molecule has 1 heterocycles. The van der Waals surface area contributed by atoms with Gasteiger partial charge >= 0.3 is 0 Å². The molecule has 6 nitrogen and oxygen atoms in total. The molecule has 0 aliphatic rings. The van der Waals surface area contributed by atoms with Crippen LogP contribution in [0.1, 0.15) is 10.4 Å². The minimum atomic E-state index is -0.440. The molecule has 0 spiro atoms. The molecule has 0 saturated heterocycles. The molecule has 1 amide bonds. The lowest BCUT2D eigenvalue weighted by atomic mass is 10.2. The van der Waals surface area contributed by atoms with E-state index in [0.29, 0.717) is 18.8 Å². The van der Waals surface area contributed by atoms with Crippen LogP contribution in [0.25, 0.3) is 16.7 Å². The highest BCUT2D eigenvalue weighted by molar-refractivity contribution is 5.93. The maximum absolute atomic E-state index is 11.1. The molecule has 0 atom stereocenters. The number of imidazole rings is 1. The first-order valence-electron chi connectivity index (χ1n) is 7.18. The lowest BCUT2D eigenvalue weighted by molar-refractivity contribution is 0.100. The van der Waals surface area contributed by atoms with E-state index in [0.717, 1.165) is 22.5 Å². The SMILES string of the molecule is COCCOc1ccc2c(c1)ncn2-c1ccc(C(N)=O)cc1. The molecule has 0 radical (unpaired) electrons. The van der Waals surface area contributed by atoms with Crippen molar-refractivity contribution in [3.8, 4) is 11.4 Å². The number of nitrogens with two attached hydrogens (primary N) is 1. The summed E-state index contributed by atoms with van der Waals surface area (Å²) in [5.74, 6) is 0.314. The quantitative estimate of drug-likeness (QED) is 0.707. The van der Waals surface area contributed by atoms with Crippen molar-refractivity contribution >= 4 is 16.9 Å². The summed E-state index contributed by atoms with van der Waals surface area (Å²) in [4.78, 5) is 15.5. The molecule has 2 aromatic carbocycles. The predicted octanol–water partition coefficient (Wildman–Crippen LogP) is 2.15. The number of nitrogens with zero attached hydrogens (tertiary/aromatic N) is 2. The molecule has 118 valence electrons. The summed E-state index contributed by atoms with van der Waals surface area (Å²) in [5.41, 5.74) is 8.43. The van der Waals surface area contributed by atoms with Gasteiger partial charge in [-0.05, 0) is 36.4 Å². The van der Waals surface area contributed by atoms with Crippen molar-refractivity contribution in [1.29, 1.82) is 0 Å². The highest BCUT2D eigenvalue weighted by Crippen LogP contribution is 2.23. The molecule has 23 heavy (non-hydrogen) atoms. The van der Waals surface area contributed by atoms with E-state index in [4.69, 9.17) is 15.2 Å². The van der Waals surface area contributed by atoms with Crippen molar-refractivity contribution in [2.75, 3.05) is 20.3 Å². The highest BCUT2D eigenvalue weighted by Gasteiger charge is 2.07. The fourth-order valence-electron chi connectivity index (χ4n) is 2.32. The zero-order valence-corrected chi connectivity index (χ0v) is 12.7. The van der Waals surface area contributed by atoms with Crippen molar-refractivity contribution in [3.05, 3.63) is 54.4 Å². The minimum Gasteiger partial charge on any atom is -0.491 e. The average molecular weight is 311 g/mol. The largest absolute Gasteiger partial charge is 0.491 e. The highest BCUT2D eigenvalue weighted by atomic mass is 16.5. The Morgan fingerprint density at radius 3 is 2.65 bits per heavy atom. The molecule has 0 unspecified atom stereocenters. The first-order chi connectivity index (χ1) is 11.2. The molecule has 3 rings (SSSR count). The van der Waals surface area contributed by atoms with E-state index in [-0.39, 0.29) is 0 Å². The van der Waals surface area contributed by atoms with Gasteiger partial charge in [-0.3, -0.25) is 9.36 Å². The van der Waals surface area contributed by atoms with Gasteiger partial charge in [0.15, 0.2) is 0 Å². The summed E-state index contributed by atoms with van der Waals surface area (Å²) in [6.07, 6.45) is 1.74. The van der Waals surface area contributed by atoms with Crippen LogP contribution in [0.4, 0.5) is 0 Å². The Bertz CT molecular complexity index is 825. The van der Waals surface area contributed by atoms with Gasteiger partial charge in [0, 0.05) is 24.4 Å². The van der Waals surface area contributed by atoms with E-state index in [2.05, 4.69) is 4.98 Å². The Morgan fingerprint density at radius 2 is 1.96 bits per heavy atom. The maximum Gasteiger partial charge on any atom is 0.248 e. The smallest absolute Gasteiger partial charge is 0.248 e. The van der Waals surface area contributed by atoms with E-state index >= 15 is 0 Å². The number of methoxy groups -OCH3 is 1. The number of hydrogen-bond donors (Lipinski definition) is 1. The zero-order chi connectivity index (χ0) is 16.2. The van der Waals surface area contributed by atoms with Gasteiger partial charge < -0.3 is 15.2 Å². The van der Waals surface area contributed by atoms with Gasteiger partial charge in [0.25, 0.3) is 0 Å². The summed E-state index contributed by atoms with van der Waals surface area (Å²) >= 11 is 0. The summed E-state index contributed by atoms with van der Waals surface area (Å²) in [7, 11) is 1.64. The number of ether oxygens (including phenoxy) is 2. The molecule has 0 bridgehead atoms. The Kier molecular flexibility index (Phi) is 4.25. The van der Waals surface area contributed by atoms with Crippen LogP contribution in [-0.4, -0.2) is 35.8 Å². The molecule has 0 aliphatic heterocycles. The predicted molar refractivity (Wildman–Crippen MR) is 87.0 cm³/mol. The zero-order valence-electron chi connectivity index (χ0n) is 12.7. The average Bonchev–Trinajstić information content (AvgIpc) is 2.98. The van der Waals surface area contributed by atoms with E-state index in [1.54, 1.807) is 25.6 Å².